The summed E-state index contributed by atoms with van der Waals surface area (Å²) >= 11 is 0. The second kappa shape index (κ2) is 14.0. The summed E-state index contributed by atoms with van der Waals surface area (Å²) < 4.78 is 55.1. The Morgan fingerprint density at radius 1 is 1.13 bits per heavy atom. The highest BCUT2D eigenvalue weighted by Crippen LogP contribution is 2.31. The molecule has 16 nitrogen and oxygen atoms in total. The van der Waals surface area contributed by atoms with Gasteiger partial charge in [0, 0.05) is 12.1 Å². The van der Waals surface area contributed by atoms with Crippen LogP contribution >= 0.6 is 0 Å². The molecule has 3 aliphatic rings. The van der Waals surface area contributed by atoms with Gasteiger partial charge in [-0.25, -0.2) is 0 Å². The number of aliphatic hydroxyl groups is 3. The second-order valence-corrected chi connectivity index (χ2v) is 10.7. The van der Waals surface area contributed by atoms with Gasteiger partial charge >= 0.3 is 10.4 Å². The zero-order chi connectivity index (χ0) is 28.8. The highest BCUT2D eigenvalue weighted by atomic mass is 32.3. The van der Waals surface area contributed by atoms with E-state index in [9.17, 15) is 15.3 Å². The minimum absolute atomic E-state index is 0.0483. The highest BCUT2D eigenvalue weighted by Gasteiger charge is 2.51. The molecule has 0 radical (unpaired) electrons. The summed E-state index contributed by atoms with van der Waals surface area (Å²) in [6.07, 6.45) is -3.05. The summed E-state index contributed by atoms with van der Waals surface area (Å²) in [5.74, 6) is 0.572. The van der Waals surface area contributed by atoms with Crippen molar-refractivity contribution < 1.29 is 51.8 Å². The van der Waals surface area contributed by atoms with Gasteiger partial charge in [0.25, 0.3) is 0 Å². The maximum atomic E-state index is 11.3. The van der Waals surface area contributed by atoms with Crippen LogP contribution in [0.15, 0.2) is 11.8 Å². The first-order valence-corrected chi connectivity index (χ1v) is 13.7. The number of hydrogen-bond acceptors (Lipinski definition) is 14. The van der Waals surface area contributed by atoms with Gasteiger partial charge in [0.1, 0.15) is 35.8 Å². The molecule has 0 aromatic heterocycles. The number of ether oxygens (including phenoxy) is 4. The van der Waals surface area contributed by atoms with Crippen molar-refractivity contribution in [2.75, 3.05) is 26.7 Å². The standard InChI is InChI=1S/C21H41N5O7.H2O4S/c1-4-26-13-7-12(24)16(32-19-11(23)6-5-10(8-22)31-19)14(27)17(13)33-20-15(28)18(25-3)21(2,29)9-30-20;1-5(2,3)4/h5,11-20,25-29H,4,6-9,22-24H2,1-3H3;(H2,1,2,3,4)/t11-,12+,13-,14-,15-,16-,17+,18-,19-,20-,21+;/m1./s1. The van der Waals surface area contributed by atoms with Crippen LogP contribution in [-0.4, -0.2) is 126 Å². The minimum atomic E-state index is -4.67. The number of likely N-dealkylation sites (N-methyl/N-ethyl adjacent to an activating group) is 2. The van der Waals surface area contributed by atoms with E-state index in [-0.39, 0.29) is 19.2 Å². The molecule has 0 aromatic carbocycles. The number of hydrogen-bond donors (Lipinski definition) is 10. The van der Waals surface area contributed by atoms with Gasteiger partial charge in [0.2, 0.25) is 6.29 Å². The summed E-state index contributed by atoms with van der Waals surface area (Å²) in [6.45, 7) is 4.30. The molecule has 1 aliphatic carbocycles. The van der Waals surface area contributed by atoms with Crippen LogP contribution in [0.3, 0.4) is 0 Å². The molecule has 224 valence electrons. The minimum Gasteiger partial charge on any atom is -0.467 e. The normalized spacial score (nSPS) is 41.9. The van der Waals surface area contributed by atoms with Crippen LogP contribution in [-0.2, 0) is 29.3 Å². The van der Waals surface area contributed by atoms with Crippen LogP contribution < -0.4 is 27.8 Å². The Morgan fingerprint density at radius 2 is 1.74 bits per heavy atom. The average molecular weight is 574 g/mol. The van der Waals surface area contributed by atoms with Gasteiger partial charge in [-0.2, -0.15) is 8.42 Å². The van der Waals surface area contributed by atoms with Gasteiger partial charge in [0.15, 0.2) is 6.29 Å². The Bertz CT molecular complexity index is 872. The Morgan fingerprint density at radius 3 is 2.29 bits per heavy atom. The van der Waals surface area contributed by atoms with Gasteiger partial charge in [0.05, 0.1) is 25.2 Å². The molecule has 3 rings (SSSR count). The van der Waals surface area contributed by atoms with E-state index in [2.05, 4.69) is 10.6 Å². The molecule has 38 heavy (non-hydrogen) atoms. The number of rotatable bonds is 8. The zero-order valence-corrected chi connectivity index (χ0v) is 22.5. The molecule has 0 spiro atoms. The van der Waals surface area contributed by atoms with Crippen molar-refractivity contribution in [3.63, 3.8) is 0 Å². The molecular formula is C21H43N5O11S. The topological polar surface area (TPSA) is 274 Å². The first-order chi connectivity index (χ1) is 17.6. The van der Waals surface area contributed by atoms with Gasteiger partial charge in [-0.15, -0.1) is 0 Å². The largest absolute Gasteiger partial charge is 0.467 e. The quantitative estimate of drug-likeness (QED) is 0.124. The van der Waals surface area contributed by atoms with Crippen molar-refractivity contribution in [1.82, 2.24) is 10.6 Å². The molecule has 13 N–H and O–H groups in total. The molecular weight excluding hydrogens is 530 g/mol. The van der Waals surface area contributed by atoms with Gasteiger partial charge in [-0.1, -0.05) is 6.92 Å². The van der Waals surface area contributed by atoms with E-state index in [1.54, 1.807) is 14.0 Å². The molecule has 2 heterocycles. The summed E-state index contributed by atoms with van der Waals surface area (Å²) in [6, 6.07) is -1.95. The van der Waals surface area contributed by atoms with Crippen molar-refractivity contribution in [3.8, 4) is 0 Å². The first-order valence-electron chi connectivity index (χ1n) is 12.3. The Balaban J connectivity index is 0.000000926. The van der Waals surface area contributed by atoms with Crippen LogP contribution in [0.4, 0.5) is 0 Å². The molecule has 1 saturated heterocycles. The maximum absolute atomic E-state index is 11.3. The third-order valence-corrected chi connectivity index (χ3v) is 6.64. The van der Waals surface area contributed by atoms with Crippen molar-refractivity contribution in [3.05, 3.63) is 11.8 Å². The van der Waals surface area contributed by atoms with Crippen LogP contribution in [0.5, 0.6) is 0 Å². The van der Waals surface area contributed by atoms with Gasteiger partial charge in [-0.05, 0) is 39.4 Å². The van der Waals surface area contributed by atoms with E-state index in [1.165, 1.54) is 0 Å². The van der Waals surface area contributed by atoms with E-state index in [0.717, 1.165) is 0 Å². The third-order valence-electron chi connectivity index (χ3n) is 6.64. The lowest BCUT2D eigenvalue weighted by molar-refractivity contribution is -0.304. The first kappa shape index (κ1) is 33.2. The molecule has 11 atom stereocenters. The molecule has 0 bridgehead atoms. The summed E-state index contributed by atoms with van der Waals surface area (Å²) in [5.41, 5.74) is 16.9. The number of aliphatic hydroxyl groups excluding tert-OH is 2. The maximum Gasteiger partial charge on any atom is 0.394 e. The predicted octanol–water partition coefficient (Wildman–Crippen LogP) is -3.85. The number of nitrogens with two attached hydrogens (primary N) is 3. The zero-order valence-electron chi connectivity index (χ0n) is 21.7. The lowest BCUT2D eigenvalue weighted by Crippen LogP contribution is -2.69. The van der Waals surface area contributed by atoms with E-state index < -0.39 is 71.1 Å². The number of nitrogens with one attached hydrogen (secondary N) is 2. The van der Waals surface area contributed by atoms with Crippen molar-refractivity contribution >= 4 is 10.4 Å². The lowest BCUT2D eigenvalue weighted by Gasteiger charge is -2.49. The van der Waals surface area contributed by atoms with Gasteiger partial charge in [-0.3, -0.25) is 9.11 Å². The van der Waals surface area contributed by atoms with Crippen molar-refractivity contribution in [2.24, 2.45) is 17.2 Å². The summed E-state index contributed by atoms with van der Waals surface area (Å²) in [5, 5.41) is 38.8. The molecule has 0 aromatic rings. The SMILES string of the molecule is CCN[C@@H]1C[C@H](N)[C@@H](O[C@H]2OC(CN)=CC[C@H]2N)[C@@H](O)[C@H]1O[C@H]1OC[C@](C)(O)[C@H](NC)[C@H]1O.O=S(=O)(O)O. The fraction of sp³-hybridized carbons (Fsp3) is 0.905. The smallest absolute Gasteiger partial charge is 0.394 e. The third kappa shape index (κ3) is 9.00. The summed E-state index contributed by atoms with van der Waals surface area (Å²) in [4.78, 5) is 0. The molecule has 2 fully saturated rings. The van der Waals surface area contributed by atoms with E-state index in [4.69, 9.17) is 53.7 Å². The van der Waals surface area contributed by atoms with E-state index in [1.807, 2.05) is 13.0 Å². The van der Waals surface area contributed by atoms with E-state index in [0.29, 0.717) is 25.1 Å². The summed E-state index contributed by atoms with van der Waals surface area (Å²) in [7, 11) is -3.03. The van der Waals surface area contributed by atoms with Crippen molar-refractivity contribution in [2.45, 2.75) is 93.5 Å². The second-order valence-electron chi connectivity index (χ2n) is 9.76. The van der Waals surface area contributed by atoms with Gasteiger partial charge < -0.3 is 62.1 Å². The van der Waals surface area contributed by atoms with Crippen LogP contribution in [0.1, 0.15) is 26.7 Å². The molecule has 17 heteroatoms. The van der Waals surface area contributed by atoms with Crippen molar-refractivity contribution in [1.29, 1.82) is 0 Å². The van der Waals surface area contributed by atoms with Crippen LogP contribution in [0.25, 0.3) is 0 Å². The Hall–Kier alpha value is -1.03. The Labute approximate surface area is 222 Å². The lowest BCUT2D eigenvalue weighted by atomic mass is 9.83. The van der Waals surface area contributed by atoms with Crippen LogP contribution in [0, 0.1) is 0 Å². The molecule has 0 unspecified atom stereocenters. The molecule has 2 aliphatic heterocycles. The highest BCUT2D eigenvalue weighted by molar-refractivity contribution is 7.79. The monoisotopic (exact) mass is 573 g/mol. The predicted molar refractivity (Wildman–Crippen MR) is 134 cm³/mol. The molecule has 0 amide bonds. The fourth-order valence-electron chi connectivity index (χ4n) is 4.86. The fourth-order valence-corrected chi connectivity index (χ4v) is 4.86. The van der Waals surface area contributed by atoms with Crippen LogP contribution in [0.2, 0.25) is 0 Å². The van der Waals surface area contributed by atoms with E-state index >= 15 is 0 Å². The molecule has 1 saturated carbocycles. The Kier molecular flexibility index (Phi) is 12.3. The average Bonchev–Trinajstić information content (AvgIpc) is 2.80.